The number of benzene rings is 2. The highest BCUT2D eigenvalue weighted by atomic mass is 32.2. The number of nitrogens with one attached hydrogen (secondary N) is 3. The van der Waals surface area contributed by atoms with E-state index in [-0.39, 0.29) is 11.8 Å². The Bertz CT molecular complexity index is 989. The van der Waals surface area contributed by atoms with E-state index in [2.05, 4.69) is 16.0 Å². The number of amides is 2. The van der Waals surface area contributed by atoms with E-state index in [4.69, 9.17) is 4.74 Å². The number of rotatable bonds is 7. The van der Waals surface area contributed by atoms with Crippen LogP contribution >= 0.6 is 11.8 Å². The molecule has 2 aromatic rings. The van der Waals surface area contributed by atoms with Gasteiger partial charge in [0.2, 0.25) is 11.8 Å². The monoisotopic (exact) mass is 477 g/mol. The van der Waals surface area contributed by atoms with E-state index in [1.165, 1.54) is 13.8 Å². The van der Waals surface area contributed by atoms with E-state index in [1.54, 1.807) is 12.1 Å². The number of hydrogen-bond acceptors (Lipinski definition) is 9. The molecule has 1 heterocycles. The summed E-state index contributed by atoms with van der Waals surface area (Å²) >= 11 is 0.997. The largest absolute Gasteiger partial charge is 0.394 e. The van der Waals surface area contributed by atoms with Crippen molar-refractivity contribution in [2.75, 3.05) is 22.6 Å². The van der Waals surface area contributed by atoms with Gasteiger partial charge in [-0.15, -0.1) is 0 Å². The number of carbonyl (C=O) groups is 2. The minimum absolute atomic E-state index is 0.311. The molecule has 0 unspecified atom stereocenters. The van der Waals surface area contributed by atoms with Gasteiger partial charge in [0.25, 0.3) is 0 Å². The first-order chi connectivity index (χ1) is 15.7. The van der Waals surface area contributed by atoms with Crippen molar-refractivity contribution in [1.82, 2.24) is 0 Å². The predicted molar refractivity (Wildman–Crippen MR) is 124 cm³/mol. The van der Waals surface area contributed by atoms with E-state index < -0.39 is 36.5 Å². The lowest BCUT2D eigenvalue weighted by molar-refractivity contribution is -0.205. The van der Waals surface area contributed by atoms with Gasteiger partial charge in [-0.05, 0) is 24.3 Å². The molecule has 0 aromatic heterocycles. The van der Waals surface area contributed by atoms with Crippen LogP contribution in [0.15, 0.2) is 47.4 Å². The van der Waals surface area contributed by atoms with Crippen LogP contribution in [0.1, 0.15) is 13.8 Å². The number of ether oxygens (including phenoxy) is 1. The topological polar surface area (TPSA) is 160 Å². The molecule has 0 spiro atoms. The number of anilines is 4. The second kappa shape index (κ2) is 11.0. The average Bonchev–Trinajstić information content (AvgIpc) is 2.76. The van der Waals surface area contributed by atoms with Crippen LogP contribution in [-0.4, -0.2) is 68.7 Å². The van der Waals surface area contributed by atoms with Crippen molar-refractivity contribution in [2.24, 2.45) is 0 Å². The van der Waals surface area contributed by atoms with Gasteiger partial charge in [0, 0.05) is 24.4 Å². The molecule has 2 amide bonds. The van der Waals surface area contributed by atoms with Crippen LogP contribution in [0.5, 0.6) is 0 Å². The molecular weight excluding hydrogens is 450 g/mol. The average molecular weight is 478 g/mol. The third-order valence-corrected chi connectivity index (χ3v) is 6.10. The fourth-order valence-electron chi connectivity index (χ4n) is 3.33. The summed E-state index contributed by atoms with van der Waals surface area (Å²) in [4.78, 5) is 24.0. The molecule has 3 rings (SSSR count). The van der Waals surface area contributed by atoms with Crippen LogP contribution in [-0.2, 0) is 14.3 Å². The van der Waals surface area contributed by atoms with Crippen molar-refractivity contribution < 1.29 is 34.8 Å². The molecule has 1 aliphatic rings. The normalized spacial score (nSPS) is 24.7. The lowest BCUT2D eigenvalue weighted by atomic mass is 10.0. The Hall–Kier alpha value is -2.67. The van der Waals surface area contributed by atoms with Gasteiger partial charge in [0.05, 0.1) is 23.7 Å². The van der Waals surface area contributed by atoms with Crippen molar-refractivity contribution in [2.45, 2.75) is 48.6 Å². The van der Waals surface area contributed by atoms with Crippen LogP contribution in [0, 0.1) is 0 Å². The summed E-state index contributed by atoms with van der Waals surface area (Å²) in [6, 6.07) is 12.5. The van der Waals surface area contributed by atoms with Gasteiger partial charge in [-0.3, -0.25) is 9.59 Å². The molecule has 5 atom stereocenters. The maximum absolute atomic E-state index is 11.8. The molecule has 1 aliphatic heterocycles. The van der Waals surface area contributed by atoms with Crippen molar-refractivity contribution in [1.29, 1.82) is 0 Å². The molecule has 11 heteroatoms. The van der Waals surface area contributed by atoms with E-state index in [0.717, 1.165) is 17.4 Å². The summed E-state index contributed by atoms with van der Waals surface area (Å²) in [6.07, 6.45) is -5.53. The fourth-order valence-corrected chi connectivity index (χ4v) is 4.50. The Morgan fingerprint density at radius 3 is 2.15 bits per heavy atom. The maximum Gasteiger partial charge on any atom is 0.221 e. The number of aliphatic hydroxyl groups excluding tert-OH is 4. The van der Waals surface area contributed by atoms with Crippen molar-refractivity contribution in [3.8, 4) is 0 Å². The van der Waals surface area contributed by atoms with Crippen molar-refractivity contribution >= 4 is 46.3 Å². The molecule has 7 N–H and O–H groups in total. The van der Waals surface area contributed by atoms with E-state index >= 15 is 0 Å². The summed E-state index contributed by atoms with van der Waals surface area (Å²) < 4.78 is 5.60. The molecule has 0 saturated carbocycles. The van der Waals surface area contributed by atoms with Crippen molar-refractivity contribution in [3.63, 3.8) is 0 Å². The SMILES string of the molecule is CC(=O)Nc1cc(NC(C)=O)c(S[C@@H]2O[C@H](CO)[C@H](O)[C@H](O)[C@H]2O)cc1Nc1ccccc1. The Morgan fingerprint density at radius 1 is 0.909 bits per heavy atom. The minimum Gasteiger partial charge on any atom is -0.394 e. The maximum atomic E-state index is 11.8. The molecule has 33 heavy (non-hydrogen) atoms. The lowest BCUT2D eigenvalue weighted by Gasteiger charge is -2.39. The number of thioether (sulfide) groups is 1. The summed E-state index contributed by atoms with van der Waals surface area (Å²) in [5, 5.41) is 48.7. The fraction of sp³-hybridized carbons (Fsp3) is 0.364. The first-order valence-corrected chi connectivity index (χ1v) is 11.1. The Labute approximate surface area is 195 Å². The number of para-hydroxylation sites is 1. The molecular formula is C22H27N3O7S. The van der Waals surface area contributed by atoms with Crippen LogP contribution in [0.2, 0.25) is 0 Å². The van der Waals surface area contributed by atoms with Gasteiger partial charge in [-0.25, -0.2) is 0 Å². The summed E-state index contributed by atoms with van der Waals surface area (Å²) in [7, 11) is 0. The van der Waals surface area contributed by atoms with Gasteiger partial charge >= 0.3 is 0 Å². The van der Waals surface area contributed by atoms with Crippen LogP contribution in [0.25, 0.3) is 0 Å². The van der Waals surface area contributed by atoms with Gasteiger partial charge < -0.3 is 41.1 Å². The highest BCUT2D eigenvalue weighted by Gasteiger charge is 2.44. The summed E-state index contributed by atoms with van der Waals surface area (Å²) in [5.74, 6) is -0.669. The summed E-state index contributed by atoms with van der Waals surface area (Å²) in [6.45, 7) is 2.14. The Kier molecular flexibility index (Phi) is 8.30. The molecule has 0 bridgehead atoms. The van der Waals surface area contributed by atoms with E-state index in [9.17, 15) is 30.0 Å². The quantitative estimate of drug-likeness (QED) is 0.311. The third kappa shape index (κ3) is 6.22. The smallest absolute Gasteiger partial charge is 0.221 e. The van der Waals surface area contributed by atoms with E-state index in [1.807, 2.05) is 30.3 Å². The summed E-state index contributed by atoms with van der Waals surface area (Å²) in [5.41, 5.74) is 0.960. The molecule has 0 radical (unpaired) electrons. The van der Waals surface area contributed by atoms with Gasteiger partial charge in [0.15, 0.2) is 0 Å². The lowest BCUT2D eigenvalue weighted by Crippen LogP contribution is -2.57. The van der Waals surface area contributed by atoms with Crippen LogP contribution in [0.3, 0.4) is 0 Å². The number of aliphatic hydroxyl groups is 4. The standard InChI is InChI=1S/C22H27N3O7S/c1-11(27)23-14-8-16(24-12(2)28)18(9-15(14)25-13-6-4-3-5-7-13)33-22-21(31)20(30)19(29)17(10-26)32-22/h3-9,17,19-22,25-26,29-31H,10H2,1-2H3,(H,23,27)(H,24,28)/t17-,19+,20+,21-,22+/m1/s1. The highest BCUT2D eigenvalue weighted by molar-refractivity contribution is 8.00. The molecule has 10 nitrogen and oxygen atoms in total. The van der Waals surface area contributed by atoms with Crippen LogP contribution < -0.4 is 16.0 Å². The third-order valence-electron chi connectivity index (χ3n) is 4.89. The molecule has 1 fully saturated rings. The highest BCUT2D eigenvalue weighted by Crippen LogP contribution is 2.41. The molecule has 1 saturated heterocycles. The first-order valence-electron chi connectivity index (χ1n) is 10.2. The number of carbonyl (C=O) groups excluding carboxylic acids is 2. The van der Waals surface area contributed by atoms with Crippen molar-refractivity contribution in [3.05, 3.63) is 42.5 Å². The molecule has 0 aliphatic carbocycles. The molecule has 2 aromatic carbocycles. The van der Waals surface area contributed by atoms with E-state index in [0.29, 0.717) is 22.0 Å². The van der Waals surface area contributed by atoms with Gasteiger partial charge in [-0.1, -0.05) is 30.0 Å². The minimum atomic E-state index is -1.53. The second-order valence-corrected chi connectivity index (χ2v) is 8.70. The van der Waals surface area contributed by atoms with Crippen LogP contribution in [0.4, 0.5) is 22.7 Å². The zero-order valence-electron chi connectivity index (χ0n) is 18.1. The zero-order chi connectivity index (χ0) is 24.1. The predicted octanol–water partition coefficient (Wildman–Crippen LogP) is 1.24. The zero-order valence-corrected chi connectivity index (χ0v) is 18.9. The van der Waals surface area contributed by atoms with Gasteiger partial charge in [0.1, 0.15) is 29.9 Å². The second-order valence-electron chi connectivity index (χ2n) is 7.56. The van der Waals surface area contributed by atoms with Gasteiger partial charge in [-0.2, -0.15) is 0 Å². The Morgan fingerprint density at radius 2 is 1.55 bits per heavy atom. The first kappa shape index (κ1) is 25.0. The number of hydrogen-bond donors (Lipinski definition) is 7. The Balaban J connectivity index is 2.01. The molecule has 178 valence electrons.